The number of amides is 2. The average molecular weight is 510 g/mol. The van der Waals surface area contributed by atoms with Crippen LogP contribution in [0.5, 0.6) is 0 Å². The van der Waals surface area contributed by atoms with Gasteiger partial charge in [-0.15, -0.1) is 0 Å². The maximum Gasteiger partial charge on any atom is 0.289 e. The summed E-state index contributed by atoms with van der Waals surface area (Å²) in [5.41, 5.74) is 2.57. The van der Waals surface area contributed by atoms with Crippen LogP contribution in [0.1, 0.15) is 34.3 Å². The number of carbonyl (C=O) groups is 2. The van der Waals surface area contributed by atoms with Crippen molar-refractivity contribution in [1.29, 1.82) is 0 Å². The van der Waals surface area contributed by atoms with Crippen molar-refractivity contribution in [2.75, 3.05) is 32.7 Å². The Kier molecular flexibility index (Phi) is 6.58. The number of guanidine groups is 1. The standard InChI is InChI=1S/C29H27N5O4/c35-27(19-33-12-14-34(15-13-33)28(36)25-11-6-16-37-25)32-29-30-22(20-7-2-1-3-8-20)18-23(31-29)26-17-21-9-4-5-10-24(21)38-26/h1-11,16-17,22H,12-15,18-19H2,(H,30,32,35). The summed E-state index contributed by atoms with van der Waals surface area (Å²) in [7, 11) is 0. The Hall–Kier alpha value is -4.50. The lowest BCUT2D eigenvalue weighted by Crippen LogP contribution is -2.51. The van der Waals surface area contributed by atoms with Gasteiger partial charge in [0.1, 0.15) is 11.3 Å². The molecule has 9 nitrogen and oxygen atoms in total. The summed E-state index contributed by atoms with van der Waals surface area (Å²) in [6, 6.07) is 23.0. The molecular weight excluding hydrogens is 482 g/mol. The molecule has 0 saturated carbocycles. The van der Waals surface area contributed by atoms with Gasteiger partial charge in [0.05, 0.1) is 24.6 Å². The molecule has 1 N–H and O–H groups in total. The van der Waals surface area contributed by atoms with E-state index in [0.29, 0.717) is 44.1 Å². The maximum atomic E-state index is 13.0. The third-order valence-electron chi connectivity index (χ3n) is 6.81. The van der Waals surface area contributed by atoms with Gasteiger partial charge in [-0.05, 0) is 29.8 Å². The number of nitrogens with one attached hydrogen (secondary N) is 1. The predicted molar refractivity (Wildman–Crippen MR) is 143 cm³/mol. The molecule has 1 fully saturated rings. The van der Waals surface area contributed by atoms with Crippen LogP contribution in [-0.4, -0.2) is 66.0 Å². The molecule has 0 bridgehead atoms. The second-order valence-corrected chi connectivity index (χ2v) is 9.38. The van der Waals surface area contributed by atoms with Crippen LogP contribution in [0.4, 0.5) is 0 Å². The van der Waals surface area contributed by atoms with Gasteiger partial charge >= 0.3 is 0 Å². The van der Waals surface area contributed by atoms with Crippen LogP contribution in [0.2, 0.25) is 0 Å². The van der Waals surface area contributed by atoms with Crippen molar-refractivity contribution in [3.63, 3.8) is 0 Å². The first kappa shape index (κ1) is 23.9. The minimum Gasteiger partial charge on any atom is -0.459 e. The topological polar surface area (TPSA) is 104 Å². The molecule has 1 unspecified atom stereocenters. The second kappa shape index (κ2) is 10.5. The number of para-hydroxylation sites is 1. The highest BCUT2D eigenvalue weighted by molar-refractivity contribution is 6.11. The van der Waals surface area contributed by atoms with Crippen molar-refractivity contribution in [2.24, 2.45) is 9.98 Å². The Labute approximate surface area is 219 Å². The molecule has 0 spiro atoms. The van der Waals surface area contributed by atoms with Crippen molar-refractivity contribution in [2.45, 2.75) is 12.5 Å². The number of carbonyl (C=O) groups excluding carboxylic acids is 2. The molecule has 4 heterocycles. The molecule has 1 saturated heterocycles. The molecule has 0 aliphatic carbocycles. The Morgan fingerprint density at radius 2 is 1.74 bits per heavy atom. The van der Waals surface area contributed by atoms with Crippen LogP contribution in [-0.2, 0) is 4.79 Å². The van der Waals surface area contributed by atoms with E-state index in [1.54, 1.807) is 17.0 Å². The van der Waals surface area contributed by atoms with E-state index in [4.69, 9.17) is 13.8 Å². The monoisotopic (exact) mass is 509 g/mol. The summed E-state index contributed by atoms with van der Waals surface area (Å²) in [6.07, 6.45) is 2.06. The zero-order valence-electron chi connectivity index (χ0n) is 20.7. The highest BCUT2D eigenvalue weighted by atomic mass is 16.3. The molecule has 2 aromatic heterocycles. The van der Waals surface area contributed by atoms with Crippen molar-refractivity contribution in [1.82, 2.24) is 15.1 Å². The average Bonchev–Trinajstić information content (AvgIpc) is 3.64. The van der Waals surface area contributed by atoms with Gasteiger partial charge in [0, 0.05) is 38.0 Å². The van der Waals surface area contributed by atoms with E-state index in [1.165, 1.54) is 6.26 Å². The number of furan rings is 2. The highest BCUT2D eigenvalue weighted by Crippen LogP contribution is 2.29. The van der Waals surface area contributed by atoms with Gasteiger partial charge in [-0.1, -0.05) is 48.5 Å². The molecule has 4 aromatic rings. The Balaban J connectivity index is 1.14. The number of hydrogen-bond acceptors (Lipinski definition) is 7. The number of nitrogens with zero attached hydrogens (tertiary/aromatic N) is 4. The van der Waals surface area contributed by atoms with Gasteiger partial charge in [0.15, 0.2) is 5.76 Å². The third kappa shape index (κ3) is 5.14. The fourth-order valence-electron chi connectivity index (χ4n) is 4.82. The number of fused-ring (bicyclic) bond motifs is 1. The van der Waals surface area contributed by atoms with Crippen molar-refractivity contribution in [3.05, 3.63) is 96.1 Å². The molecule has 6 rings (SSSR count). The van der Waals surface area contributed by atoms with Crippen molar-refractivity contribution in [3.8, 4) is 0 Å². The molecule has 2 aliphatic heterocycles. The molecule has 192 valence electrons. The summed E-state index contributed by atoms with van der Waals surface area (Å²) in [6.45, 7) is 2.42. The molecule has 2 amide bonds. The van der Waals surface area contributed by atoms with E-state index in [2.05, 4.69) is 10.3 Å². The van der Waals surface area contributed by atoms with Gasteiger partial charge in [-0.3, -0.25) is 19.8 Å². The second-order valence-electron chi connectivity index (χ2n) is 9.38. The Bertz CT molecular complexity index is 1470. The van der Waals surface area contributed by atoms with E-state index in [9.17, 15) is 9.59 Å². The minimum atomic E-state index is -0.198. The quantitative estimate of drug-likeness (QED) is 0.440. The number of piperazine rings is 1. The van der Waals surface area contributed by atoms with Crippen LogP contribution < -0.4 is 5.32 Å². The van der Waals surface area contributed by atoms with E-state index in [0.717, 1.165) is 22.2 Å². The van der Waals surface area contributed by atoms with Gasteiger partial charge in [0.25, 0.3) is 5.91 Å². The number of aliphatic imine (C=N–C) groups is 2. The fourth-order valence-corrected chi connectivity index (χ4v) is 4.82. The largest absolute Gasteiger partial charge is 0.459 e. The molecule has 2 aliphatic rings. The third-order valence-corrected chi connectivity index (χ3v) is 6.81. The summed E-state index contributed by atoms with van der Waals surface area (Å²) < 4.78 is 11.3. The fraction of sp³-hybridized carbons (Fsp3) is 0.241. The summed E-state index contributed by atoms with van der Waals surface area (Å²) in [5, 5.41) is 3.90. The molecular formula is C29H27N5O4. The lowest BCUT2D eigenvalue weighted by Gasteiger charge is -2.33. The van der Waals surface area contributed by atoms with E-state index >= 15 is 0 Å². The minimum absolute atomic E-state index is 0.130. The summed E-state index contributed by atoms with van der Waals surface area (Å²) in [4.78, 5) is 38.7. The van der Waals surface area contributed by atoms with E-state index in [-0.39, 0.29) is 30.4 Å². The van der Waals surface area contributed by atoms with Crippen LogP contribution in [0, 0.1) is 0 Å². The van der Waals surface area contributed by atoms with Gasteiger partial charge in [0.2, 0.25) is 11.9 Å². The molecule has 2 aromatic carbocycles. The number of hydrogen-bond donors (Lipinski definition) is 1. The van der Waals surface area contributed by atoms with E-state index in [1.807, 2.05) is 65.6 Å². The van der Waals surface area contributed by atoms with Gasteiger partial charge in [-0.2, -0.15) is 0 Å². The van der Waals surface area contributed by atoms with Crippen LogP contribution >= 0.6 is 0 Å². The zero-order valence-corrected chi connectivity index (χ0v) is 20.7. The molecule has 1 atom stereocenters. The van der Waals surface area contributed by atoms with E-state index < -0.39 is 0 Å². The smallest absolute Gasteiger partial charge is 0.289 e. The Morgan fingerprint density at radius 1 is 0.947 bits per heavy atom. The molecule has 0 radical (unpaired) electrons. The summed E-state index contributed by atoms with van der Waals surface area (Å²) >= 11 is 0. The van der Waals surface area contributed by atoms with Gasteiger partial charge in [-0.25, -0.2) is 9.98 Å². The lowest BCUT2D eigenvalue weighted by atomic mass is 9.99. The first-order valence-corrected chi connectivity index (χ1v) is 12.7. The van der Waals surface area contributed by atoms with Crippen LogP contribution in [0.15, 0.2) is 97.9 Å². The summed E-state index contributed by atoms with van der Waals surface area (Å²) in [5.74, 6) is 0.951. The predicted octanol–water partition coefficient (Wildman–Crippen LogP) is 3.89. The zero-order chi connectivity index (χ0) is 25.9. The first-order chi connectivity index (χ1) is 18.6. The molecule has 9 heteroatoms. The first-order valence-electron chi connectivity index (χ1n) is 12.7. The van der Waals surface area contributed by atoms with Crippen LogP contribution in [0.25, 0.3) is 11.0 Å². The molecule has 38 heavy (non-hydrogen) atoms. The maximum absolute atomic E-state index is 13.0. The highest BCUT2D eigenvalue weighted by Gasteiger charge is 2.27. The SMILES string of the molecule is O=C(CN1CCN(C(=O)c2ccco2)CC1)NC1=NC(c2ccccc2)CC(c2cc3ccccc3o2)=N1. The Morgan fingerprint density at radius 3 is 2.50 bits per heavy atom. The van der Waals surface area contributed by atoms with Gasteiger partial charge < -0.3 is 13.7 Å². The lowest BCUT2D eigenvalue weighted by molar-refractivity contribution is -0.121. The number of rotatable bonds is 5. The van der Waals surface area contributed by atoms with Crippen molar-refractivity contribution >= 4 is 34.5 Å². The van der Waals surface area contributed by atoms with Crippen LogP contribution in [0.3, 0.4) is 0 Å². The number of benzene rings is 2. The normalized spacial score (nSPS) is 18.2. The van der Waals surface area contributed by atoms with Crippen molar-refractivity contribution < 1.29 is 18.4 Å².